The van der Waals surface area contributed by atoms with E-state index >= 15 is 0 Å². The van der Waals surface area contributed by atoms with Crippen molar-refractivity contribution in [2.75, 3.05) is 7.11 Å². The molecular formula is C23H26N2O5. The Morgan fingerprint density at radius 3 is 2.83 bits per heavy atom. The van der Waals surface area contributed by atoms with Gasteiger partial charge < -0.3 is 19.0 Å². The Labute approximate surface area is 174 Å². The van der Waals surface area contributed by atoms with Crippen LogP contribution in [0.15, 0.2) is 45.8 Å². The second kappa shape index (κ2) is 7.89. The van der Waals surface area contributed by atoms with Gasteiger partial charge in [0.05, 0.1) is 31.3 Å². The molecule has 1 atom stereocenters. The lowest BCUT2D eigenvalue weighted by atomic mass is 9.90. The van der Waals surface area contributed by atoms with Gasteiger partial charge in [-0.3, -0.25) is 14.7 Å². The van der Waals surface area contributed by atoms with Crippen LogP contribution in [0, 0.1) is 0 Å². The molecule has 0 bridgehead atoms. The summed E-state index contributed by atoms with van der Waals surface area (Å²) in [4.78, 5) is 24.6. The summed E-state index contributed by atoms with van der Waals surface area (Å²) in [7, 11) is 1.33. The Bertz CT molecular complexity index is 1090. The first-order valence-electron chi connectivity index (χ1n) is 10.1. The lowest BCUT2D eigenvalue weighted by Crippen LogP contribution is -2.32. The first-order valence-corrected chi connectivity index (χ1v) is 10.1. The van der Waals surface area contributed by atoms with Crippen molar-refractivity contribution in [2.24, 2.45) is 0 Å². The van der Waals surface area contributed by atoms with Crippen LogP contribution in [0.1, 0.15) is 60.8 Å². The maximum absolute atomic E-state index is 12.6. The number of esters is 1. The monoisotopic (exact) mass is 410 g/mol. The summed E-state index contributed by atoms with van der Waals surface area (Å²) in [5.41, 5.74) is 3.02. The third kappa shape index (κ3) is 4.06. The van der Waals surface area contributed by atoms with E-state index < -0.39 is 11.9 Å². The summed E-state index contributed by atoms with van der Waals surface area (Å²) < 4.78 is 16.4. The van der Waals surface area contributed by atoms with Crippen molar-refractivity contribution >= 4 is 5.97 Å². The minimum atomic E-state index is -0.529. The fourth-order valence-corrected chi connectivity index (χ4v) is 4.02. The van der Waals surface area contributed by atoms with Crippen LogP contribution < -0.4 is 10.3 Å². The molecule has 0 amide bonds. The third-order valence-electron chi connectivity index (χ3n) is 5.62. The SMILES string of the molecule is COC(=O)C[C@@H](c1ccco1)c1c(Cc2ccc3c(c2)CCC(C)(C)O3)[nH][nH]c1=O. The van der Waals surface area contributed by atoms with Crippen molar-refractivity contribution in [3.05, 3.63) is 75.1 Å². The Hall–Kier alpha value is -3.22. The number of hydrogen-bond donors (Lipinski definition) is 2. The standard InChI is InChI=1S/C23H26N2O5/c1-23(2)9-8-15-11-14(6-7-18(15)30-23)12-17-21(22(27)25-24-17)16(13-20(26)28-3)19-5-4-10-29-19/h4-7,10-11,16H,8-9,12-13H2,1-3H3,(H2,24,25,27)/t16-/m0/s1. The molecule has 0 fully saturated rings. The second-order valence-corrected chi connectivity index (χ2v) is 8.30. The second-order valence-electron chi connectivity index (χ2n) is 8.30. The van der Waals surface area contributed by atoms with Gasteiger partial charge in [0.2, 0.25) is 0 Å². The number of aryl methyl sites for hydroxylation is 1. The van der Waals surface area contributed by atoms with E-state index in [0.717, 1.165) is 29.8 Å². The summed E-state index contributed by atoms with van der Waals surface area (Å²) in [6.07, 6.45) is 3.97. The average Bonchev–Trinajstić information content (AvgIpc) is 3.36. The lowest BCUT2D eigenvalue weighted by Gasteiger charge is -2.32. The molecule has 0 unspecified atom stereocenters. The van der Waals surface area contributed by atoms with Crippen LogP contribution in [0.5, 0.6) is 5.75 Å². The zero-order valence-electron chi connectivity index (χ0n) is 17.4. The number of carbonyl (C=O) groups is 1. The minimum absolute atomic E-state index is 0.0189. The minimum Gasteiger partial charge on any atom is -0.488 e. The molecule has 3 aromatic rings. The maximum atomic E-state index is 12.6. The zero-order chi connectivity index (χ0) is 21.3. The molecule has 1 aliphatic heterocycles. The van der Waals surface area contributed by atoms with Crippen LogP contribution in [0.2, 0.25) is 0 Å². The summed E-state index contributed by atoms with van der Waals surface area (Å²) in [5, 5.41) is 5.65. The number of fused-ring (bicyclic) bond motifs is 1. The molecule has 0 saturated heterocycles. The normalized spacial score (nSPS) is 15.8. The number of furan rings is 1. The Kier molecular flexibility index (Phi) is 5.28. The quantitative estimate of drug-likeness (QED) is 0.604. The molecule has 30 heavy (non-hydrogen) atoms. The van der Waals surface area contributed by atoms with Crippen molar-refractivity contribution in [2.45, 2.75) is 51.0 Å². The van der Waals surface area contributed by atoms with E-state index in [1.165, 1.54) is 18.9 Å². The highest BCUT2D eigenvalue weighted by Gasteiger charge is 2.29. The number of nitrogens with one attached hydrogen (secondary N) is 2. The molecule has 158 valence electrons. The predicted octanol–water partition coefficient (Wildman–Crippen LogP) is 3.69. The number of hydrogen-bond acceptors (Lipinski definition) is 5. The van der Waals surface area contributed by atoms with Crippen molar-refractivity contribution in [3.63, 3.8) is 0 Å². The summed E-state index contributed by atoms with van der Waals surface area (Å²) >= 11 is 0. The van der Waals surface area contributed by atoms with Crippen LogP contribution >= 0.6 is 0 Å². The highest BCUT2D eigenvalue weighted by atomic mass is 16.5. The summed E-state index contributed by atoms with van der Waals surface area (Å²) in [5.74, 6) is 0.528. The molecule has 0 spiro atoms. The van der Waals surface area contributed by atoms with E-state index in [1.54, 1.807) is 12.1 Å². The van der Waals surface area contributed by atoms with Gasteiger partial charge in [-0.15, -0.1) is 0 Å². The molecule has 4 rings (SSSR count). The fraction of sp³-hybridized carbons (Fsp3) is 0.391. The predicted molar refractivity (Wildman–Crippen MR) is 111 cm³/mol. The molecule has 1 aliphatic rings. The van der Waals surface area contributed by atoms with E-state index in [0.29, 0.717) is 17.7 Å². The molecule has 2 aromatic heterocycles. The molecule has 0 radical (unpaired) electrons. The van der Waals surface area contributed by atoms with Gasteiger partial charge in [0, 0.05) is 12.1 Å². The number of ether oxygens (including phenoxy) is 2. The van der Waals surface area contributed by atoms with Crippen LogP contribution in [0.25, 0.3) is 0 Å². The summed E-state index contributed by atoms with van der Waals surface area (Å²) in [6, 6.07) is 9.64. The third-order valence-corrected chi connectivity index (χ3v) is 5.62. The van der Waals surface area contributed by atoms with Crippen molar-refractivity contribution < 1.29 is 18.7 Å². The van der Waals surface area contributed by atoms with E-state index in [-0.39, 0.29) is 17.6 Å². The molecule has 0 saturated carbocycles. The van der Waals surface area contributed by atoms with Crippen LogP contribution in [-0.2, 0) is 22.4 Å². The fourth-order valence-electron chi connectivity index (χ4n) is 4.02. The Morgan fingerprint density at radius 1 is 1.27 bits per heavy atom. The van der Waals surface area contributed by atoms with Crippen molar-refractivity contribution in [1.29, 1.82) is 0 Å². The molecule has 7 heteroatoms. The van der Waals surface area contributed by atoms with Crippen LogP contribution in [-0.4, -0.2) is 28.9 Å². The first-order chi connectivity index (χ1) is 14.4. The number of H-pyrrole nitrogens is 2. The number of rotatable bonds is 6. The topological polar surface area (TPSA) is 97.3 Å². The van der Waals surface area contributed by atoms with Crippen LogP contribution in [0.4, 0.5) is 0 Å². The number of benzene rings is 1. The molecule has 0 aliphatic carbocycles. The van der Waals surface area contributed by atoms with Gasteiger partial charge in [0.25, 0.3) is 5.56 Å². The molecule has 2 N–H and O–H groups in total. The smallest absolute Gasteiger partial charge is 0.306 e. The van der Waals surface area contributed by atoms with E-state index in [1.807, 2.05) is 12.1 Å². The van der Waals surface area contributed by atoms with Gasteiger partial charge in [0.15, 0.2) is 0 Å². The van der Waals surface area contributed by atoms with Gasteiger partial charge >= 0.3 is 5.97 Å². The van der Waals surface area contributed by atoms with E-state index in [4.69, 9.17) is 13.9 Å². The highest BCUT2D eigenvalue weighted by Crippen LogP contribution is 2.34. The average molecular weight is 410 g/mol. The Balaban J connectivity index is 1.65. The molecular weight excluding hydrogens is 384 g/mol. The van der Waals surface area contributed by atoms with Gasteiger partial charge in [-0.05, 0) is 56.0 Å². The first kappa shape index (κ1) is 20.1. The largest absolute Gasteiger partial charge is 0.488 e. The number of carbonyl (C=O) groups excluding carboxylic acids is 1. The van der Waals surface area contributed by atoms with E-state index in [9.17, 15) is 9.59 Å². The summed E-state index contributed by atoms with van der Waals surface area (Å²) in [6.45, 7) is 4.19. The van der Waals surface area contributed by atoms with Gasteiger partial charge in [-0.25, -0.2) is 0 Å². The molecule has 1 aromatic carbocycles. The van der Waals surface area contributed by atoms with Crippen molar-refractivity contribution in [3.8, 4) is 5.75 Å². The highest BCUT2D eigenvalue weighted by molar-refractivity contribution is 5.71. The van der Waals surface area contributed by atoms with Gasteiger partial charge in [-0.1, -0.05) is 12.1 Å². The molecule has 7 nitrogen and oxygen atoms in total. The van der Waals surface area contributed by atoms with Crippen LogP contribution in [0.3, 0.4) is 0 Å². The zero-order valence-corrected chi connectivity index (χ0v) is 17.4. The number of aromatic amines is 2. The maximum Gasteiger partial charge on any atom is 0.306 e. The van der Waals surface area contributed by atoms with Gasteiger partial charge in [-0.2, -0.15) is 0 Å². The van der Waals surface area contributed by atoms with E-state index in [2.05, 4.69) is 30.1 Å². The lowest BCUT2D eigenvalue weighted by molar-refractivity contribution is -0.140. The molecule has 3 heterocycles. The van der Waals surface area contributed by atoms with Gasteiger partial charge in [0.1, 0.15) is 17.1 Å². The number of methoxy groups -OCH3 is 1. The van der Waals surface area contributed by atoms with Crippen molar-refractivity contribution in [1.82, 2.24) is 10.2 Å². The Morgan fingerprint density at radius 2 is 2.10 bits per heavy atom. The number of aromatic nitrogens is 2.